The molecule has 2 nitrogen and oxygen atoms in total. The van der Waals surface area contributed by atoms with Gasteiger partial charge < -0.3 is 5.32 Å². The SMILES string of the molecule is O=C1C=CCc2ccccc2N1. The average molecular weight is 159 g/mol. The summed E-state index contributed by atoms with van der Waals surface area (Å²) >= 11 is 0. The van der Waals surface area contributed by atoms with Crippen LogP contribution < -0.4 is 5.32 Å². The molecule has 0 saturated heterocycles. The van der Waals surface area contributed by atoms with E-state index in [9.17, 15) is 4.79 Å². The van der Waals surface area contributed by atoms with Crippen LogP contribution in [0, 0.1) is 0 Å². The van der Waals surface area contributed by atoms with Crippen LogP contribution in [-0.2, 0) is 11.2 Å². The van der Waals surface area contributed by atoms with Crippen LogP contribution in [0.4, 0.5) is 5.69 Å². The van der Waals surface area contributed by atoms with Crippen LogP contribution in [0.25, 0.3) is 0 Å². The van der Waals surface area contributed by atoms with Gasteiger partial charge in [0.2, 0.25) is 5.91 Å². The topological polar surface area (TPSA) is 29.1 Å². The molecular formula is C10H9NO. The van der Waals surface area contributed by atoms with Crippen molar-refractivity contribution in [3.8, 4) is 0 Å². The van der Waals surface area contributed by atoms with Gasteiger partial charge in [0, 0.05) is 5.69 Å². The number of hydrogen-bond acceptors (Lipinski definition) is 1. The molecule has 0 radical (unpaired) electrons. The number of hydrogen-bond donors (Lipinski definition) is 1. The van der Waals surface area contributed by atoms with Crippen LogP contribution in [0.2, 0.25) is 0 Å². The first-order valence-electron chi connectivity index (χ1n) is 3.92. The van der Waals surface area contributed by atoms with E-state index in [-0.39, 0.29) is 5.91 Å². The number of para-hydroxylation sites is 1. The molecule has 0 saturated carbocycles. The monoisotopic (exact) mass is 159 g/mol. The van der Waals surface area contributed by atoms with Crippen molar-refractivity contribution in [2.24, 2.45) is 0 Å². The molecule has 0 aliphatic carbocycles. The smallest absolute Gasteiger partial charge is 0.248 e. The van der Waals surface area contributed by atoms with Crippen molar-refractivity contribution in [2.45, 2.75) is 6.42 Å². The molecule has 12 heavy (non-hydrogen) atoms. The lowest BCUT2D eigenvalue weighted by Crippen LogP contribution is -2.06. The standard InChI is InChI=1S/C10H9NO/c12-10-7-3-5-8-4-1-2-6-9(8)11-10/h1-4,6-7H,5H2,(H,11,12). The molecule has 2 rings (SSSR count). The Morgan fingerprint density at radius 3 is 3.00 bits per heavy atom. The maximum Gasteiger partial charge on any atom is 0.248 e. The van der Waals surface area contributed by atoms with Gasteiger partial charge in [0.15, 0.2) is 0 Å². The number of carbonyl (C=O) groups excluding carboxylic acids is 1. The highest BCUT2D eigenvalue weighted by Gasteiger charge is 2.05. The fourth-order valence-corrected chi connectivity index (χ4v) is 1.29. The predicted octanol–water partition coefficient (Wildman–Crippen LogP) is 1.74. The Labute approximate surface area is 70.9 Å². The zero-order valence-corrected chi connectivity index (χ0v) is 6.58. The van der Waals surface area contributed by atoms with Gasteiger partial charge in [0.1, 0.15) is 0 Å². The Kier molecular flexibility index (Phi) is 1.67. The molecule has 1 aliphatic rings. The number of anilines is 1. The second-order valence-electron chi connectivity index (χ2n) is 2.75. The molecule has 1 aromatic carbocycles. The Balaban J connectivity index is 2.44. The summed E-state index contributed by atoms with van der Waals surface area (Å²) in [5.41, 5.74) is 2.09. The van der Waals surface area contributed by atoms with E-state index in [0.717, 1.165) is 12.1 Å². The van der Waals surface area contributed by atoms with Crippen LogP contribution in [0.15, 0.2) is 36.4 Å². The molecule has 1 heterocycles. The fourth-order valence-electron chi connectivity index (χ4n) is 1.29. The number of fused-ring (bicyclic) bond motifs is 1. The van der Waals surface area contributed by atoms with Crippen molar-refractivity contribution in [1.82, 2.24) is 0 Å². The number of benzene rings is 1. The molecule has 1 aliphatic heterocycles. The van der Waals surface area contributed by atoms with Gasteiger partial charge in [0.05, 0.1) is 0 Å². The molecule has 1 aromatic rings. The number of allylic oxidation sites excluding steroid dienone is 1. The number of nitrogens with one attached hydrogen (secondary N) is 1. The first-order valence-corrected chi connectivity index (χ1v) is 3.92. The Morgan fingerprint density at radius 1 is 1.25 bits per heavy atom. The lowest BCUT2D eigenvalue weighted by molar-refractivity contribution is -0.111. The van der Waals surface area contributed by atoms with Gasteiger partial charge in [-0.3, -0.25) is 4.79 Å². The van der Waals surface area contributed by atoms with Gasteiger partial charge in [-0.25, -0.2) is 0 Å². The summed E-state index contributed by atoms with van der Waals surface area (Å²) in [6, 6.07) is 7.83. The van der Waals surface area contributed by atoms with Crippen molar-refractivity contribution >= 4 is 11.6 Å². The third-order valence-corrected chi connectivity index (χ3v) is 1.88. The third kappa shape index (κ3) is 1.23. The highest BCUT2D eigenvalue weighted by Crippen LogP contribution is 2.17. The first kappa shape index (κ1) is 7.10. The minimum atomic E-state index is -0.0417. The molecule has 0 fully saturated rings. The maximum atomic E-state index is 11.0. The van der Waals surface area contributed by atoms with Crippen molar-refractivity contribution in [2.75, 3.05) is 5.32 Å². The number of carbonyl (C=O) groups is 1. The van der Waals surface area contributed by atoms with Gasteiger partial charge in [-0.05, 0) is 24.1 Å². The van der Waals surface area contributed by atoms with Crippen LogP contribution in [-0.4, -0.2) is 5.91 Å². The lowest BCUT2D eigenvalue weighted by atomic mass is 10.1. The van der Waals surface area contributed by atoms with Crippen molar-refractivity contribution < 1.29 is 4.79 Å². The Morgan fingerprint density at radius 2 is 2.08 bits per heavy atom. The minimum absolute atomic E-state index is 0.0417. The molecule has 0 unspecified atom stereocenters. The van der Waals surface area contributed by atoms with E-state index in [4.69, 9.17) is 0 Å². The van der Waals surface area contributed by atoms with Gasteiger partial charge in [-0.2, -0.15) is 0 Å². The van der Waals surface area contributed by atoms with Crippen molar-refractivity contribution in [3.05, 3.63) is 42.0 Å². The molecule has 0 atom stereocenters. The fraction of sp³-hybridized carbons (Fsp3) is 0.100. The number of rotatable bonds is 0. The lowest BCUT2D eigenvalue weighted by Gasteiger charge is -2.04. The zero-order valence-electron chi connectivity index (χ0n) is 6.58. The van der Waals surface area contributed by atoms with E-state index in [1.54, 1.807) is 6.08 Å². The average Bonchev–Trinajstić information content (AvgIpc) is 2.25. The summed E-state index contributed by atoms with van der Waals surface area (Å²) in [4.78, 5) is 11.0. The van der Waals surface area contributed by atoms with Gasteiger partial charge >= 0.3 is 0 Å². The highest BCUT2D eigenvalue weighted by molar-refractivity contribution is 6.00. The van der Waals surface area contributed by atoms with Crippen LogP contribution in [0.3, 0.4) is 0 Å². The molecule has 1 N–H and O–H groups in total. The van der Waals surface area contributed by atoms with Crippen molar-refractivity contribution in [3.63, 3.8) is 0 Å². The first-order chi connectivity index (χ1) is 5.86. The van der Waals surface area contributed by atoms with E-state index >= 15 is 0 Å². The van der Waals surface area contributed by atoms with Crippen molar-refractivity contribution in [1.29, 1.82) is 0 Å². The van der Waals surface area contributed by atoms with Crippen LogP contribution >= 0.6 is 0 Å². The maximum absolute atomic E-state index is 11.0. The van der Waals surface area contributed by atoms with Crippen LogP contribution in [0.5, 0.6) is 0 Å². The van der Waals surface area contributed by atoms with E-state index in [2.05, 4.69) is 5.32 Å². The van der Waals surface area contributed by atoms with E-state index in [1.807, 2.05) is 30.3 Å². The molecule has 0 spiro atoms. The Hall–Kier alpha value is -1.57. The minimum Gasteiger partial charge on any atom is -0.322 e. The predicted molar refractivity (Wildman–Crippen MR) is 47.9 cm³/mol. The highest BCUT2D eigenvalue weighted by atomic mass is 16.1. The summed E-state index contributed by atoms with van der Waals surface area (Å²) in [6.07, 6.45) is 4.27. The molecule has 60 valence electrons. The molecular weight excluding hydrogens is 150 g/mol. The Bertz CT molecular complexity index is 341. The molecule has 0 aromatic heterocycles. The largest absolute Gasteiger partial charge is 0.322 e. The van der Waals surface area contributed by atoms with E-state index in [1.165, 1.54) is 5.56 Å². The summed E-state index contributed by atoms with van der Waals surface area (Å²) in [6.45, 7) is 0. The second kappa shape index (κ2) is 2.81. The summed E-state index contributed by atoms with van der Waals surface area (Å²) in [5.74, 6) is -0.0417. The quantitative estimate of drug-likeness (QED) is 0.613. The van der Waals surface area contributed by atoms with Gasteiger partial charge in [0.25, 0.3) is 0 Å². The summed E-state index contributed by atoms with van der Waals surface area (Å²) in [5, 5.41) is 2.80. The zero-order chi connectivity index (χ0) is 8.39. The van der Waals surface area contributed by atoms with E-state index < -0.39 is 0 Å². The molecule has 1 amide bonds. The third-order valence-electron chi connectivity index (χ3n) is 1.88. The summed E-state index contributed by atoms with van der Waals surface area (Å²) < 4.78 is 0. The van der Waals surface area contributed by atoms with E-state index in [0.29, 0.717) is 0 Å². The summed E-state index contributed by atoms with van der Waals surface area (Å²) in [7, 11) is 0. The van der Waals surface area contributed by atoms with Crippen LogP contribution in [0.1, 0.15) is 5.56 Å². The normalized spacial score (nSPS) is 14.8. The second-order valence-corrected chi connectivity index (χ2v) is 2.75. The van der Waals surface area contributed by atoms with Gasteiger partial charge in [-0.15, -0.1) is 0 Å². The van der Waals surface area contributed by atoms with Gasteiger partial charge in [-0.1, -0.05) is 24.3 Å². The molecule has 2 heteroatoms. The number of amides is 1. The molecule has 0 bridgehead atoms.